The minimum absolute atomic E-state index is 0.104. The van der Waals surface area contributed by atoms with Crippen molar-refractivity contribution < 1.29 is 9.59 Å². The van der Waals surface area contributed by atoms with Crippen LogP contribution in [0.25, 0.3) is 0 Å². The lowest BCUT2D eigenvalue weighted by Gasteiger charge is -2.39. The fraction of sp³-hybridized carbons (Fsp3) is 0.688. The SMILES string of the molecule is CCn1ccnc1CN1CCN(CC(=O)N2CCNC2=O)CC1C. The van der Waals surface area contributed by atoms with Gasteiger partial charge >= 0.3 is 6.03 Å². The van der Waals surface area contributed by atoms with Gasteiger partial charge in [-0.15, -0.1) is 0 Å². The number of hydrogen-bond donors (Lipinski definition) is 1. The van der Waals surface area contributed by atoms with E-state index in [9.17, 15) is 9.59 Å². The molecule has 2 fully saturated rings. The molecule has 0 aliphatic carbocycles. The third kappa shape index (κ3) is 3.59. The van der Waals surface area contributed by atoms with Crippen LogP contribution in [-0.4, -0.2) is 81.5 Å². The van der Waals surface area contributed by atoms with Crippen molar-refractivity contribution in [1.82, 2.24) is 29.6 Å². The number of aryl methyl sites for hydroxylation is 1. The summed E-state index contributed by atoms with van der Waals surface area (Å²) in [6.07, 6.45) is 3.86. The average molecular weight is 334 g/mol. The number of imide groups is 1. The van der Waals surface area contributed by atoms with Crippen LogP contribution in [-0.2, 0) is 17.9 Å². The predicted octanol–water partition coefficient (Wildman–Crippen LogP) is -0.0391. The predicted molar refractivity (Wildman–Crippen MR) is 89.3 cm³/mol. The number of carbonyl (C=O) groups is 2. The van der Waals surface area contributed by atoms with Gasteiger partial charge in [0.2, 0.25) is 5.91 Å². The molecule has 24 heavy (non-hydrogen) atoms. The lowest BCUT2D eigenvalue weighted by molar-refractivity contribution is -0.129. The van der Waals surface area contributed by atoms with Crippen molar-refractivity contribution in [2.45, 2.75) is 33.0 Å². The first-order valence-electron chi connectivity index (χ1n) is 8.63. The van der Waals surface area contributed by atoms with Crippen LogP contribution < -0.4 is 5.32 Å². The van der Waals surface area contributed by atoms with Gasteiger partial charge in [-0.2, -0.15) is 0 Å². The zero-order valence-electron chi connectivity index (χ0n) is 14.4. The second-order valence-electron chi connectivity index (χ2n) is 6.46. The van der Waals surface area contributed by atoms with Gasteiger partial charge in [-0.05, 0) is 13.8 Å². The summed E-state index contributed by atoms with van der Waals surface area (Å²) in [6.45, 7) is 9.96. The summed E-state index contributed by atoms with van der Waals surface area (Å²) in [4.78, 5) is 34.1. The third-order valence-electron chi connectivity index (χ3n) is 4.85. The molecule has 0 spiro atoms. The molecular weight excluding hydrogens is 308 g/mol. The third-order valence-corrected chi connectivity index (χ3v) is 4.85. The quantitative estimate of drug-likeness (QED) is 0.818. The summed E-state index contributed by atoms with van der Waals surface area (Å²) in [6, 6.07) is 0.0825. The van der Waals surface area contributed by atoms with E-state index in [1.165, 1.54) is 4.90 Å². The van der Waals surface area contributed by atoms with Gasteiger partial charge in [0.05, 0.1) is 13.1 Å². The fourth-order valence-electron chi connectivity index (χ4n) is 3.40. The Hall–Kier alpha value is -1.93. The van der Waals surface area contributed by atoms with Crippen LogP contribution in [0.3, 0.4) is 0 Å². The second kappa shape index (κ2) is 7.31. The molecule has 2 aliphatic rings. The Morgan fingerprint density at radius 1 is 1.38 bits per heavy atom. The largest absolute Gasteiger partial charge is 0.336 e. The number of carbonyl (C=O) groups excluding carboxylic acids is 2. The molecule has 8 nitrogen and oxygen atoms in total. The van der Waals surface area contributed by atoms with Gasteiger partial charge in [-0.3, -0.25) is 19.5 Å². The maximum Gasteiger partial charge on any atom is 0.324 e. The Kier molecular flexibility index (Phi) is 5.15. The van der Waals surface area contributed by atoms with Gasteiger partial charge in [0.15, 0.2) is 0 Å². The van der Waals surface area contributed by atoms with Crippen molar-refractivity contribution in [1.29, 1.82) is 0 Å². The van der Waals surface area contributed by atoms with Crippen LogP contribution in [0.1, 0.15) is 19.7 Å². The molecule has 1 atom stereocenters. The van der Waals surface area contributed by atoms with Gasteiger partial charge < -0.3 is 9.88 Å². The van der Waals surface area contributed by atoms with E-state index in [0.29, 0.717) is 25.7 Å². The van der Waals surface area contributed by atoms with E-state index in [1.54, 1.807) is 0 Å². The number of hydrogen-bond acceptors (Lipinski definition) is 5. The molecule has 8 heteroatoms. The van der Waals surface area contributed by atoms with E-state index in [-0.39, 0.29) is 11.9 Å². The Bertz CT molecular complexity index is 601. The van der Waals surface area contributed by atoms with E-state index >= 15 is 0 Å². The van der Waals surface area contributed by atoms with E-state index < -0.39 is 0 Å². The number of nitrogens with one attached hydrogen (secondary N) is 1. The number of rotatable bonds is 5. The van der Waals surface area contributed by atoms with Crippen LogP contribution in [0.5, 0.6) is 0 Å². The molecule has 132 valence electrons. The monoisotopic (exact) mass is 334 g/mol. The summed E-state index contributed by atoms with van der Waals surface area (Å²) < 4.78 is 2.16. The molecule has 0 radical (unpaired) electrons. The molecule has 2 aliphatic heterocycles. The summed E-state index contributed by atoms with van der Waals surface area (Å²) in [7, 11) is 0. The Morgan fingerprint density at radius 3 is 2.88 bits per heavy atom. The van der Waals surface area contributed by atoms with Gasteiger partial charge in [-0.1, -0.05) is 0 Å². The number of imidazole rings is 1. The number of amides is 3. The Balaban J connectivity index is 1.51. The minimum Gasteiger partial charge on any atom is -0.336 e. The fourth-order valence-corrected chi connectivity index (χ4v) is 3.40. The van der Waals surface area contributed by atoms with Crippen LogP contribution in [0.4, 0.5) is 4.79 Å². The van der Waals surface area contributed by atoms with Crippen molar-refractivity contribution in [2.75, 3.05) is 39.3 Å². The molecule has 2 saturated heterocycles. The average Bonchev–Trinajstić information content (AvgIpc) is 3.18. The van der Waals surface area contributed by atoms with Gasteiger partial charge in [0.1, 0.15) is 5.82 Å². The standard InChI is InChI=1S/C16H26N6O2/c1-3-20-6-4-17-14(20)11-21-9-8-19(10-13(21)2)12-15(23)22-7-5-18-16(22)24/h4,6,13H,3,5,7-12H2,1-2H3,(H,18,24). The van der Waals surface area contributed by atoms with E-state index in [0.717, 1.165) is 38.5 Å². The number of piperazine rings is 1. The molecule has 1 aromatic heterocycles. The maximum atomic E-state index is 12.2. The molecule has 0 bridgehead atoms. The van der Waals surface area contributed by atoms with Crippen LogP contribution in [0.2, 0.25) is 0 Å². The number of nitrogens with zero attached hydrogens (tertiary/aromatic N) is 5. The summed E-state index contributed by atoms with van der Waals surface area (Å²) in [5, 5.41) is 2.67. The Morgan fingerprint density at radius 2 is 2.21 bits per heavy atom. The van der Waals surface area contributed by atoms with E-state index in [4.69, 9.17) is 0 Å². The van der Waals surface area contributed by atoms with Crippen LogP contribution in [0, 0.1) is 0 Å². The molecule has 3 heterocycles. The van der Waals surface area contributed by atoms with Gasteiger partial charge in [0.25, 0.3) is 0 Å². The molecule has 1 aromatic rings. The molecule has 3 rings (SSSR count). The first-order valence-corrected chi connectivity index (χ1v) is 8.63. The minimum atomic E-state index is -0.266. The van der Waals surface area contributed by atoms with E-state index in [2.05, 4.69) is 38.5 Å². The lowest BCUT2D eigenvalue weighted by Crippen LogP contribution is -2.54. The van der Waals surface area contributed by atoms with Crippen molar-refractivity contribution >= 4 is 11.9 Å². The lowest BCUT2D eigenvalue weighted by atomic mass is 10.2. The van der Waals surface area contributed by atoms with Crippen molar-refractivity contribution in [3.63, 3.8) is 0 Å². The summed E-state index contributed by atoms with van der Waals surface area (Å²) in [5.41, 5.74) is 0. The molecule has 1 N–H and O–H groups in total. The number of urea groups is 1. The topological polar surface area (TPSA) is 73.7 Å². The van der Waals surface area contributed by atoms with Gasteiger partial charge in [0, 0.05) is 57.7 Å². The van der Waals surface area contributed by atoms with Crippen molar-refractivity contribution in [2.24, 2.45) is 0 Å². The van der Waals surface area contributed by atoms with Crippen LogP contribution in [0.15, 0.2) is 12.4 Å². The normalized spacial score (nSPS) is 22.8. The molecular formula is C16H26N6O2. The maximum absolute atomic E-state index is 12.2. The number of aromatic nitrogens is 2. The first kappa shape index (κ1) is 16.9. The second-order valence-corrected chi connectivity index (χ2v) is 6.46. The van der Waals surface area contributed by atoms with Crippen LogP contribution >= 0.6 is 0 Å². The molecule has 3 amide bonds. The van der Waals surface area contributed by atoms with Gasteiger partial charge in [-0.25, -0.2) is 9.78 Å². The molecule has 0 saturated carbocycles. The van der Waals surface area contributed by atoms with E-state index in [1.807, 2.05) is 12.4 Å². The zero-order valence-corrected chi connectivity index (χ0v) is 14.4. The zero-order chi connectivity index (χ0) is 17.1. The first-order chi connectivity index (χ1) is 11.6. The smallest absolute Gasteiger partial charge is 0.324 e. The molecule has 1 unspecified atom stereocenters. The highest BCUT2D eigenvalue weighted by Gasteiger charge is 2.30. The highest BCUT2D eigenvalue weighted by Crippen LogP contribution is 2.14. The highest BCUT2D eigenvalue weighted by molar-refractivity contribution is 5.96. The van der Waals surface area contributed by atoms with Crippen molar-refractivity contribution in [3.8, 4) is 0 Å². The summed E-state index contributed by atoms with van der Waals surface area (Å²) in [5.74, 6) is 0.981. The Labute approximate surface area is 142 Å². The summed E-state index contributed by atoms with van der Waals surface area (Å²) >= 11 is 0. The van der Waals surface area contributed by atoms with Crippen molar-refractivity contribution in [3.05, 3.63) is 18.2 Å². The highest BCUT2D eigenvalue weighted by atomic mass is 16.2. The molecule has 0 aromatic carbocycles.